The molecule has 2 aliphatic rings. The molecule has 1 aliphatic carbocycles. The summed E-state index contributed by atoms with van der Waals surface area (Å²) in [6.07, 6.45) is 4.88. The molecule has 0 radical (unpaired) electrons. The van der Waals surface area contributed by atoms with Gasteiger partial charge in [-0.25, -0.2) is 4.79 Å². The first-order chi connectivity index (χ1) is 7.25. The zero-order valence-electron chi connectivity index (χ0n) is 9.54. The highest BCUT2D eigenvalue weighted by molar-refractivity contribution is 5.74. The molecule has 0 spiro atoms. The van der Waals surface area contributed by atoms with E-state index in [9.17, 15) is 4.79 Å². The van der Waals surface area contributed by atoms with Crippen LogP contribution in [0.3, 0.4) is 0 Å². The van der Waals surface area contributed by atoms with Gasteiger partial charge < -0.3 is 15.1 Å². The lowest BCUT2D eigenvalue weighted by molar-refractivity contribution is 0.152. The Labute approximate surface area is 93.1 Å². The van der Waals surface area contributed by atoms with E-state index < -0.39 is 0 Å². The summed E-state index contributed by atoms with van der Waals surface area (Å²) in [6.45, 7) is 3.74. The number of amides is 2. The normalized spacial score (nSPS) is 24.5. The molecule has 1 N–H and O–H groups in total. The van der Waals surface area contributed by atoms with Gasteiger partial charge in [-0.1, -0.05) is 12.8 Å². The van der Waals surface area contributed by atoms with Gasteiger partial charge in [0, 0.05) is 33.6 Å². The minimum Gasteiger partial charge on any atom is -0.335 e. The maximum Gasteiger partial charge on any atom is 0.317 e. The number of carbonyl (C=O) groups excluding carboxylic acids is 1. The molecule has 4 nitrogen and oxygen atoms in total. The second kappa shape index (κ2) is 4.84. The van der Waals surface area contributed by atoms with Crippen LogP contribution in [0.5, 0.6) is 0 Å². The summed E-state index contributed by atoms with van der Waals surface area (Å²) >= 11 is 0. The third kappa shape index (κ3) is 2.84. The zero-order chi connectivity index (χ0) is 10.7. The quantitative estimate of drug-likeness (QED) is 0.709. The highest BCUT2D eigenvalue weighted by Crippen LogP contribution is 2.17. The Bertz CT molecular complexity index is 223. The van der Waals surface area contributed by atoms with E-state index in [1.54, 1.807) is 0 Å². The molecule has 1 saturated carbocycles. The predicted octanol–water partition coefficient (Wildman–Crippen LogP) is 1.13. The lowest BCUT2D eigenvalue weighted by Gasteiger charge is -2.33. The van der Waals surface area contributed by atoms with Crippen LogP contribution in [0.15, 0.2) is 0 Å². The molecule has 2 amide bonds. The Kier molecular flexibility index (Phi) is 3.46. The van der Waals surface area contributed by atoms with E-state index in [1.807, 2.05) is 4.90 Å². The fourth-order valence-corrected chi connectivity index (χ4v) is 2.35. The molecular weight excluding hydrogens is 190 g/mol. The molecule has 2 fully saturated rings. The first-order valence-electron chi connectivity index (χ1n) is 6.00. The van der Waals surface area contributed by atoms with Crippen molar-refractivity contribution in [3.05, 3.63) is 0 Å². The van der Waals surface area contributed by atoms with E-state index in [-0.39, 0.29) is 7.46 Å². The number of hydrogen-bond acceptors (Lipinski definition) is 2. The summed E-state index contributed by atoms with van der Waals surface area (Å²) in [7, 11) is 2.10. The van der Waals surface area contributed by atoms with Crippen LogP contribution >= 0.6 is 0 Å². The minimum absolute atomic E-state index is 0. The van der Waals surface area contributed by atoms with Crippen molar-refractivity contribution in [2.45, 2.75) is 31.7 Å². The summed E-state index contributed by atoms with van der Waals surface area (Å²) in [6, 6.07) is 0.590. The average Bonchev–Trinajstić information content (AvgIpc) is 2.71. The number of hydrogen-bond donors (Lipinski definition) is 1. The van der Waals surface area contributed by atoms with Crippen LogP contribution in [0.25, 0.3) is 0 Å². The van der Waals surface area contributed by atoms with Crippen LogP contribution in [0.4, 0.5) is 4.79 Å². The lowest BCUT2D eigenvalue weighted by Crippen LogP contribution is -2.52. The van der Waals surface area contributed by atoms with Crippen LogP contribution in [0.2, 0.25) is 0 Å². The predicted molar refractivity (Wildman–Crippen MR) is 62.0 cm³/mol. The Balaban J connectivity index is 0.00000128. The first kappa shape index (κ1) is 10.7. The van der Waals surface area contributed by atoms with Crippen molar-refractivity contribution in [1.29, 1.82) is 0 Å². The first-order valence-corrected chi connectivity index (χ1v) is 6.00. The number of nitrogens with zero attached hydrogens (tertiary/aromatic N) is 2. The molecule has 0 atom stereocenters. The molecule has 0 aromatic carbocycles. The molecule has 0 unspecified atom stereocenters. The molecular formula is C11H23N3O. The van der Waals surface area contributed by atoms with E-state index in [0.29, 0.717) is 6.04 Å². The van der Waals surface area contributed by atoms with Crippen molar-refractivity contribution in [2.24, 2.45) is 0 Å². The Morgan fingerprint density at radius 2 is 1.80 bits per heavy atom. The Hall–Kier alpha value is -0.770. The van der Waals surface area contributed by atoms with Gasteiger partial charge in [-0.05, 0) is 19.9 Å². The van der Waals surface area contributed by atoms with E-state index in [1.165, 1.54) is 25.7 Å². The summed E-state index contributed by atoms with van der Waals surface area (Å²) in [5.74, 6) is 0. The number of urea groups is 1. The van der Waals surface area contributed by atoms with Gasteiger partial charge in [-0.15, -0.1) is 0 Å². The number of rotatable bonds is 1. The maximum atomic E-state index is 11.9. The summed E-state index contributed by atoms with van der Waals surface area (Å²) in [5.41, 5.74) is 0. The van der Waals surface area contributed by atoms with E-state index >= 15 is 0 Å². The molecule has 0 bridgehead atoms. The van der Waals surface area contributed by atoms with Crippen LogP contribution in [0.1, 0.15) is 27.1 Å². The van der Waals surface area contributed by atoms with Gasteiger partial charge >= 0.3 is 6.03 Å². The van der Waals surface area contributed by atoms with Crippen molar-refractivity contribution >= 4 is 6.03 Å². The molecule has 2 rings (SSSR count). The van der Waals surface area contributed by atoms with Crippen molar-refractivity contribution in [2.75, 3.05) is 33.2 Å². The monoisotopic (exact) mass is 213 g/mol. The van der Waals surface area contributed by atoms with E-state index in [0.717, 1.165) is 26.2 Å². The van der Waals surface area contributed by atoms with E-state index in [4.69, 9.17) is 0 Å². The number of nitrogens with one attached hydrogen (secondary N) is 1. The summed E-state index contributed by atoms with van der Waals surface area (Å²) in [4.78, 5) is 16.1. The largest absolute Gasteiger partial charge is 0.335 e. The van der Waals surface area contributed by atoms with Gasteiger partial charge in [0.05, 0.1) is 0 Å². The molecule has 1 saturated heterocycles. The van der Waals surface area contributed by atoms with Gasteiger partial charge in [0.2, 0.25) is 0 Å². The average molecular weight is 213 g/mol. The van der Waals surface area contributed by atoms with Gasteiger partial charge in [0.15, 0.2) is 0 Å². The Morgan fingerprint density at radius 1 is 1.20 bits per heavy atom. The third-order valence-corrected chi connectivity index (χ3v) is 3.47. The lowest BCUT2D eigenvalue weighted by atomic mass is 10.2. The minimum atomic E-state index is 0. The molecule has 0 aromatic heterocycles. The second-order valence-corrected chi connectivity index (χ2v) is 4.72. The molecule has 15 heavy (non-hydrogen) atoms. The van der Waals surface area contributed by atoms with Crippen molar-refractivity contribution < 1.29 is 6.22 Å². The topological polar surface area (TPSA) is 35.6 Å². The highest BCUT2D eigenvalue weighted by Gasteiger charge is 2.22. The van der Waals surface area contributed by atoms with Crippen LogP contribution in [-0.2, 0) is 0 Å². The summed E-state index contributed by atoms with van der Waals surface area (Å²) < 4.78 is 0. The van der Waals surface area contributed by atoms with Gasteiger partial charge in [0.1, 0.15) is 0 Å². The van der Waals surface area contributed by atoms with Crippen molar-refractivity contribution in [3.8, 4) is 0 Å². The van der Waals surface area contributed by atoms with Crippen molar-refractivity contribution in [1.82, 2.24) is 15.1 Å². The molecule has 1 heterocycles. The van der Waals surface area contributed by atoms with Crippen LogP contribution < -0.4 is 5.32 Å². The SMILES string of the molecule is CN1CCN(C(=O)NC2CCCC2)CC1.[HH]. The number of likely N-dealkylation sites (N-methyl/N-ethyl adjacent to an activating group) is 1. The number of carbonyl (C=O) groups is 1. The van der Waals surface area contributed by atoms with E-state index in [2.05, 4.69) is 17.3 Å². The molecule has 4 heteroatoms. The zero-order valence-corrected chi connectivity index (χ0v) is 9.54. The van der Waals surface area contributed by atoms with Gasteiger partial charge in [-0.3, -0.25) is 0 Å². The van der Waals surface area contributed by atoms with Crippen molar-refractivity contribution in [3.63, 3.8) is 0 Å². The second-order valence-electron chi connectivity index (χ2n) is 4.72. The Morgan fingerprint density at radius 3 is 2.40 bits per heavy atom. The smallest absolute Gasteiger partial charge is 0.317 e. The van der Waals surface area contributed by atoms with Gasteiger partial charge in [0.25, 0.3) is 0 Å². The fourth-order valence-electron chi connectivity index (χ4n) is 2.35. The summed E-state index contributed by atoms with van der Waals surface area (Å²) in [5, 5.41) is 3.13. The maximum absolute atomic E-state index is 11.9. The molecule has 0 aromatic rings. The molecule has 88 valence electrons. The molecule has 1 aliphatic heterocycles. The standard InChI is InChI=1S/C11H21N3O.H2/c1-13-6-8-14(9-7-13)11(15)12-10-4-2-3-5-10;/h10H,2-9H2,1H3,(H,12,15);1H. The van der Waals surface area contributed by atoms with Gasteiger partial charge in [-0.2, -0.15) is 0 Å². The van der Waals surface area contributed by atoms with Crippen LogP contribution in [-0.4, -0.2) is 55.1 Å². The number of piperazine rings is 1. The van der Waals surface area contributed by atoms with Crippen LogP contribution in [0, 0.1) is 0 Å². The fraction of sp³-hybridized carbons (Fsp3) is 0.909. The third-order valence-electron chi connectivity index (χ3n) is 3.47. The highest BCUT2D eigenvalue weighted by atomic mass is 16.2.